The van der Waals surface area contributed by atoms with Gasteiger partial charge in [-0.05, 0) is 43.3 Å². The minimum Gasteiger partial charge on any atom is -0.462 e. The Bertz CT molecular complexity index is 932. The first-order chi connectivity index (χ1) is 13.1. The fourth-order valence-electron chi connectivity index (χ4n) is 2.21. The van der Waals surface area contributed by atoms with E-state index in [-0.39, 0.29) is 5.97 Å². The molecule has 0 aliphatic rings. The molecule has 0 aliphatic heterocycles. The summed E-state index contributed by atoms with van der Waals surface area (Å²) >= 11 is 5.83. The zero-order valence-electron chi connectivity index (χ0n) is 14.4. The Morgan fingerprint density at radius 1 is 1.07 bits per heavy atom. The molecule has 0 saturated carbocycles. The summed E-state index contributed by atoms with van der Waals surface area (Å²) in [6, 6.07) is 10.2. The number of aromatic nitrogens is 3. The molecule has 138 valence electrons. The van der Waals surface area contributed by atoms with Gasteiger partial charge in [0.15, 0.2) is 11.6 Å². The highest BCUT2D eigenvalue weighted by atomic mass is 35.5. The van der Waals surface area contributed by atoms with Crippen LogP contribution in [0.25, 0.3) is 0 Å². The van der Waals surface area contributed by atoms with Crippen LogP contribution in [-0.2, 0) is 4.74 Å². The van der Waals surface area contributed by atoms with Gasteiger partial charge < -0.3 is 21.1 Å². The van der Waals surface area contributed by atoms with E-state index in [1.54, 1.807) is 43.3 Å². The first-order valence-corrected chi connectivity index (χ1v) is 8.48. The predicted octanol–water partition coefficient (Wildman–Crippen LogP) is 3.77. The predicted molar refractivity (Wildman–Crippen MR) is 105 cm³/mol. The molecule has 0 atom stereocenters. The summed E-state index contributed by atoms with van der Waals surface area (Å²) in [6.45, 7) is 2.09. The average Bonchev–Trinajstić information content (AvgIpc) is 2.67. The van der Waals surface area contributed by atoms with Crippen LogP contribution in [0.1, 0.15) is 17.3 Å². The van der Waals surface area contributed by atoms with Gasteiger partial charge in [0.1, 0.15) is 17.8 Å². The molecule has 27 heavy (non-hydrogen) atoms. The maximum absolute atomic E-state index is 11.7. The van der Waals surface area contributed by atoms with Gasteiger partial charge in [0.2, 0.25) is 0 Å². The van der Waals surface area contributed by atoms with E-state index in [0.717, 1.165) is 0 Å². The molecule has 9 heteroatoms. The molecule has 0 aliphatic carbocycles. The lowest BCUT2D eigenvalue weighted by molar-refractivity contribution is 0.0526. The van der Waals surface area contributed by atoms with Crippen molar-refractivity contribution in [3.05, 3.63) is 59.5 Å². The van der Waals surface area contributed by atoms with Crippen molar-refractivity contribution in [3.63, 3.8) is 0 Å². The second-order valence-electron chi connectivity index (χ2n) is 5.39. The van der Waals surface area contributed by atoms with Gasteiger partial charge in [-0.25, -0.2) is 19.7 Å². The van der Waals surface area contributed by atoms with Crippen molar-refractivity contribution in [2.75, 3.05) is 23.0 Å². The van der Waals surface area contributed by atoms with Crippen molar-refractivity contribution in [1.29, 1.82) is 0 Å². The minimum atomic E-state index is -0.368. The van der Waals surface area contributed by atoms with Gasteiger partial charge in [0, 0.05) is 11.9 Å². The molecule has 2 heterocycles. The summed E-state index contributed by atoms with van der Waals surface area (Å²) in [4.78, 5) is 24.1. The number of benzene rings is 1. The number of esters is 1. The maximum atomic E-state index is 11.7. The molecule has 2 aromatic heterocycles. The van der Waals surface area contributed by atoms with Crippen molar-refractivity contribution in [2.45, 2.75) is 6.92 Å². The molecule has 0 unspecified atom stereocenters. The highest BCUT2D eigenvalue weighted by Gasteiger charge is 2.10. The fraction of sp³-hybridized carbons (Fsp3) is 0.111. The van der Waals surface area contributed by atoms with Crippen LogP contribution in [0.2, 0.25) is 5.02 Å². The average molecular weight is 385 g/mol. The molecular weight excluding hydrogens is 368 g/mol. The number of carbonyl (C=O) groups excluding carboxylic acids is 1. The van der Waals surface area contributed by atoms with Crippen molar-refractivity contribution in [2.24, 2.45) is 0 Å². The molecule has 0 saturated heterocycles. The van der Waals surface area contributed by atoms with Gasteiger partial charge in [-0.3, -0.25) is 0 Å². The van der Waals surface area contributed by atoms with Gasteiger partial charge in [0.25, 0.3) is 0 Å². The number of carbonyl (C=O) groups is 1. The number of nitrogens with two attached hydrogens (primary N) is 1. The van der Waals surface area contributed by atoms with Gasteiger partial charge in [0.05, 0.1) is 17.2 Å². The number of rotatable bonds is 6. The first kappa shape index (κ1) is 18.4. The second-order valence-corrected chi connectivity index (χ2v) is 5.83. The second kappa shape index (κ2) is 8.33. The Morgan fingerprint density at radius 3 is 2.41 bits per heavy atom. The number of nitrogens with zero attached hydrogens (tertiary/aromatic N) is 3. The molecule has 0 spiro atoms. The Morgan fingerprint density at radius 2 is 1.78 bits per heavy atom. The highest BCUT2D eigenvalue weighted by molar-refractivity contribution is 6.30. The van der Waals surface area contributed by atoms with Crippen molar-refractivity contribution in [3.8, 4) is 0 Å². The smallest absolute Gasteiger partial charge is 0.338 e. The van der Waals surface area contributed by atoms with E-state index in [1.165, 1.54) is 12.5 Å². The zero-order chi connectivity index (χ0) is 19.2. The number of anilines is 5. The Kier molecular flexibility index (Phi) is 5.68. The van der Waals surface area contributed by atoms with Gasteiger partial charge in [-0.2, -0.15) is 0 Å². The number of pyridine rings is 1. The van der Waals surface area contributed by atoms with E-state index in [2.05, 4.69) is 25.6 Å². The summed E-state index contributed by atoms with van der Waals surface area (Å²) in [5, 5.41) is 6.64. The lowest BCUT2D eigenvalue weighted by Crippen LogP contribution is -2.06. The normalized spacial score (nSPS) is 10.3. The summed E-state index contributed by atoms with van der Waals surface area (Å²) in [6.07, 6.45) is 2.90. The molecule has 0 amide bonds. The van der Waals surface area contributed by atoms with Gasteiger partial charge in [-0.15, -0.1) is 0 Å². The third-order valence-electron chi connectivity index (χ3n) is 3.52. The Hall–Kier alpha value is -3.39. The summed E-state index contributed by atoms with van der Waals surface area (Å²) in [7, 11) is 0. The quantitative estimate of drug-likeness (QED) is 0.550. The first-order valence-electron chi connectivity index (χ1n) is 8.10. The molecule has 8 nitrogen and oxygen atoms in total. The third kappa shape index (κ3) is 4.62. The molecule has 0 radical (unpaired) electrons. The standard InChI is InChI=1S/C18H17ClN6O2/c1-2-27-18(26)11-3-6-13(7-4-11)24-16-15(20)17(23-10-22-16)25-14-8-5-12(19)9-21-14/h3-10H,2,20H2,1H3,(H2,21,22,23,24,25). The largest absolute Gasteiger partial charge is 0.462 e. The lowest BCUT2D eigenvalue weighted by atomic mass is 10.2. The van der Waals surface area contributed by atoms with Crippen LogP contribution in [0.5, 0.6) is 0 Å². The molecule has 0 bridgehead atoms. The van der Waals surface area contributed by atoms with Crippen LogP contribution < -0.4 is 16.4 Å². The molecule has 3 rings (SSSR count). The summed E-state index contributed by atoms with van der Waals surface area (Å²) in [5.74, 6) is 1.01. The monoisotopic (exact) mass is 384 g/mol. The molecule has 0 fully saturated rings. The summed E-state index contributed by atoms with van der Waals surface area (Å²) < 4.78 is 4.96. The highest BCUT2D eigenvalue weighted by Crippen LogP contribution is 2.27. The Labute approximate surface area is 160 Å². The fourth-order valence-corrected chi connectivity index (χ4v) is 2.32. The number of hydrogen-bond acceptors (Lipinski definition) is 8. The van der Waals surface area contributed by atoms with Gasteiger partial charge >= 0.3 is 5.97 Å². The van der Waals surface area contributed by atoms with Crippen LogP contribution in [0.15, 0.2) is 48.9 Å². The van der Waals surface area contributed by atoms with Crippen LogP contribution in [0.4, 0.5) is 28.8 Å². The van der Waals surface area contributed by atoms with E-state index in [4.69, 9.17) is 22.1 Å². The topological polar surface area (TPSA) is 115 Å². The summed E-state index contributed by atoms with van der Waals surface area (Å²) in [5.41, 5.74) is 7.65. The number of nitrogens with one attached hydrogen (secondary N) is 2. The molecular formula is C18H17ClN6O2. The minimum absolute atomic E-state index is 0.323. The van der Waals surface area contributed by atoms with Crippen LogP contribution in [-0.4, -0.2) is 27.5 Å². The number of halogens is 1. The number of ether oxygens (including phenoxy) is 1. The third-order valence-corrected chi connectivity index (χ3v) is 3.74. The van der Waals surface area contributed by atoms with E-state index in [1.807, 2.05) is 0 Å². The van der Waals surface area contributed by atoms with Crippen LogP contribution >= 0.6 is 11.6 Å². The number of hydrogen-bond donors (Lipinski definition) is 3. The van der Waals surface area contributed by atoms with Gasteiger partial charge in [-0.1, -0.05) is 11.6 Å². The van der Waals surface area contributed by atoms with E-state index in [0.29, 0.717) is 46.0 Å². The Balaban J connectivity index is 1.75. The maximum Gasteiger partial charge on any atom is 0.338 e. The molecule has 1 aromatic carbocycles. The zero-order valence-corrected chi connectivity index (χ0v) is 15.2. The van der Waals surface area contributed by atoms with Crippen LogP contribution in [0.3, 0.4) is 0 Å². The SMILES string of the molecule is CCOC(=O)c1ccc(Nc2ncnc(Nc3ccc(Cl)cn3)c2N)cc1. The van der Waals surface area contributed by atoms with E-state index < -0.39 is 0 Å². The number of nitrogen functional groups attached to an aromatic ring is 1. The van der Waals surface area contributed by atoms with E-state index in [9.17, 15) is 4.79 Å². The van der Waals surface area contributed by atoms with Crippen molar-refractivity contribution < 1.29 is 9.53 Å². The molecule has 3 aromatic rings. The lowest BCUT2D eigenvalue weighted by Gasteiger charge is -2.12. The van der Waals surface area contributed by atoms with E-state index >= 15 is 0 Å². The van der Waals surface area contributed by atoms with Crippen LogP contribution in [0, 0.1) is 0 Å². The van der Waals surface area contributed by atoms with Crippen molar-refractivity contribution in [1.82, 2.24) is 15.0 Å². The van der Waals surface area contributed by atoms with Crippen molar-refractivity contribution >= 4 is 46.4 Å². The molecule has 4 N–H and O–H groups in total.